The van der Waals surface area contributed by atoms with Gasteiger partial charge in [0.15, 0.2) is 0 Å². The molecule has 0 atom stereocenters. The third-order valence-corrected chi connectivity index (χ3v) is 5.31. The van der Waals surface area contributed by atoms with Crippen molar-refractivity contribution in [1.29, 1.82) is 0 Å². The molecule has 27 heavy (non-hydrogen) atoms. The first kappa shape index (κ1) is 20.1. The van der Waals surface area contributed by atoms with Crippen LogP contribution in [-0.4, -0.2) is 23.6 Å². The Balaban J connectivity index is 1.70. The van der Waals surface area contributed by atoms with Crippen LogP contribution in [0.5, 0.6) is 0 Å². The Morgan fingerprint density at radius 2 is 1.78 bits per heavy atom. The Morgan fingerprint density at radius 1 is 1.07 bits per heavy atom. The van der Waals surface area contributed by atoms with Gasteiger partial charge < -0.3 is 16.0 Å². The van der Waals surface area contributed by atoms with Crippen LogP contribution in [0, 0.1) is 0 Å². The SMILES string of the molecule is CC(C)(C)NC(=S)c1ccc(CNc2c(Cl)ccc3c2CCNCC3)cc1. The Morgan fingerprint density at radius 3 is 2.48 bits per heavy atom. The van der Waals surface area contributed by atoms with Gasteiger partial charge in [0, 0.05) is 17.6 Å². The predicted molar refractivity (Wildman–Crippen MR) is 120 cm³/mol. The molecule has 0 bridgehead atoms. The first-order chi connectivity index (χ1) is 12.8. The number of fused-ring (bicyclic) bond motifs is 1. The van der Waals surface area contributed by atoms with E-state index in [2.05, 4.69) is 67.1 Å². The fourth-order valence-corrected chi connectivity index (χ4v) is 4.00. The highest BCUT2D eigenvalue weighted by atomic mass is 35.5. The van der Waals surface area contributed by atoms with E-state index in [9.17, 15) is 0 Å². The number of anilines is 1. The molecule has 1 aliphatic heterocycles. The van der Waals surface area contributed by atoms with E-state index in [1.54, 1.807) is 0 Å². The van der Waals surface area contributed by atoms with E-state index in [0.717, 1.165) is 53.7 Å². The maximum absolute atomic E-state index is 6.50. The van der Waals surface area contributed by atoms with Gasteiger partial charge in [-0.3, -0.25) is 0 Å². The summed E-state index contributed by atoms with van der Waals surface area (Å²) in [5.41, 5.74) is 6.03. The van der Waals surface area contributed by atoms with Gasteiger partial charge in [-0.1, -0.05) is 54.2 Å². The molecule has 0 aliphatic carbocycles. The summed E-state index contributed by atoms with van der Waals surface area (Å²) in [7, 11) is 0. The Bertz CT molecular complexity index is 810. The standard InChI is InChI=1S/C22H28ClN3S/c1-22(2,3)26-21(27)17-6-4-15(5-7-17)14-25-20-18-11-13-24-12-10-16(18)8-9-19(20)23/h4-9,24-25H,10-14H2,1-3H3,(H,26,27). The van der Waals surface area contributed by atoms with Gasteiger partial charge in [0.25, 0.3) is 0 Å². The molecule has 1 aliphatic rings. The van der Waals surface area contributed by atoms with Crippen molar-refractivity contribution in [1.82, 2.24) is 10.6 Å². The second-order valence-corrected chi connectivity index (χ2v) is 8.88. The van der Waals surface area contributed by atoms with Crippen LogP contribution in [0.25, 0.3) is 0 Å². The van der Waals surface area contributed by atoms with Crippen molar-refractivity contribution in [2.45, 2.75) is 45.7 Å². The topological polar surface area (TPSA) is 36.1 Å². The molecule has 2 aromatic carbocycles. The third-order valence-electron chi connectivity index (χ3n) is 4.66. The summed E-state index contributed by atoms with van der Waals surface area (Å²) < 4.78 is 0. The predicted octanol–water partition coefficient (Wildman–Crippen LogP) is 4.70. The summed E-state index contributed by atoms with van der Waals surface area (Å²) in [5, 5.41) is 11.2. The average Bonchev–Trinajstić information content (AvgIpc) is 2.85. The van der Waals surface area contributed by atoms with Crippen molar-refractivity contribution < 1.29 is 0 Å². The van der Waals surface area contributed by atoms with Crippen molar-refractivity contribution >= 4 is 34.5 Å². The second kappa shape index (κ2) is 8.59. The lowest BCUT2D eigenvalue weighted by molar-refractivity contribution is 0.515. The third kappa shape index (κ3) is 5.44. The van der Waals surface area contributed by atoms with Gasteiger partial charge in [-0.15, -0.1) is 0 Å². The van der Waals surface area contributed by atoms with Gasteiger partial charge in [0.2, 0.25) is 0 Å². The van der Waals surface area contributed by atoms with Crippen LogP contribution in [0.4, 0.5) is 5.69 Å². The van der Waals surface area contributed by atoms with Crippen LogP contribution >= 0.6 is 23.8 Å². The van der Waals surface area contributed by atoms with Crippen LogP contribution in [0.3, 0.4) is 0 Å². The minimum absolute atomic E-state index is 0.0337. The van der Waals surface area contributed by atoms with Gasteiger partial charge in [-0.05, 0) is 69.5 Å². The fourth-order valence-electron chi connectivity index (χ4n) is 3.31. The quantitative estimate of drug-likeness (QED) is 0.649. The zero-order chi connectivity index (χ0) is 19.4. The number of benzene rings is 2. The van der Waals surface area contributed by atoms with Crippen LogP contribution in [0.1, 0.15) is 43.0 Å². The summed E-state index contributed by atoms with van der Waals surface area (Å²) >= 11 is 12.0. The van der Waals surface area contributed by atoms with Gasteiger partial charge >= 0.3 is 0 Å². The molecule has 0 radical (unpaired) electrons. The van der Waals surface area contributed by atoms with Crippen molar-refractivity contribution in [3.63, 3.8) is 0 Å². The number of thiocarbonyl (C=S) groups is 1. The number of halogens is 1. The summed E-state index contributed by atoms with van der Waals surface area (Å²) in [4.78, 5) is 0.783. The average molecular weight is 402 g/mol. The first-order valence-corrected chi connectivity index (χ1v) is 10.3. The van der Waals surface area contributed by atoms with E-state index < -0.39 is 0 Å². The van der Waals surface area contributed by atoms with Crippen molar-refractivity contribution in [3.8, 4) is 0 Å². The molecule has 0 saturated carbocycles. The highest BCUT2D eigenvalue weighted by Gasteiger charge is 2.15. The van der Waals surface area contributed by atoms with E-state index in [1.807, 2.05) is 6.07 Å². The van der Waals surface area contributed by atoms with Crippen molar-refractivity contribution in [2.24, 2.45) is 0 Å². The lowest BCUT2D eigenvalue weighted by Crippen LogP contribution is -2.40. The van der Waals surface area contributed by atoms with Gasteiger partial charge in [0.05, 0.1) is 10.7 Å². The Labute approximate surface area is 172 Å². The zero-order valence-corrected chi connectivity index (χ0v) is 17.9. The zero-order valence-electron chi connectivity index (χ0n) is 16.3. The number of rotatable bonds is 4. The van der Waals surface area contributed by atoms with Crippen molar-refractivity contribution in [2.75, 3.05) is 18.4 Å². The van der Waals surface area contributed by atoms with E-state index in [1.165, 1.54) is 16.7 Å². The molecule has 0 amide bonds. The van der Waals surface area contributed by atoms with Gasteiger partial charge in [0.1, 0.15) is 4.99 Å². The first-order valence-electron chi connectivity index (χ1n) is 9.50. The van der Waals surface area contributed by atoms with E-state index >= 15 is 0 Å². The molecule has 0 spiro atoms. The summed E-state index contributed by atoms with van der Waals surface area (Å²) in [5.74, 6) is 0. The minimum atomic E-state index is -0.0337. The molecule has 1 heterocycles. The van der Waals surface area contributed by atoms with Gasteiger partial charge in [-0.25, -0.2) is 0 Å². The molecular weight excluding hydrogens is 374 g/mol. The molecule has 0 unspecified atom stereocenters. The van der Waals surface area contributed by atoms with Crippen LogP contribution < -0.4 is 16.0 Å². The molecule has 144 valence electrons. The smallest absolute Gasteiger partial charge is 0.106 e. The Hall–Kier alpha value is -1.62. The maximum Gasteiger partial charge on any atom is 0.106 e. The van der Waals surface area contributed by atoms with E-state index in [-0.39, 0.29) is 5.54 Å². The highest BCUT2D eigenvalue weighted by molar-refractivity contribution is 7.80. The van der Waals surface area contributed by atoms with Gasteiger partial charge in [-0.2, -0.15) is 0 Å². The molecule has 2 aromatic rings. The molecule has 0 fully saturated rings. The van der Waals surface area contributed by atoms with Crippen LogP contribution in [0.2, 0.25) is 5.02 Å². The summed E-state index contributed by atoms with van der Waals surface area (Å²) in [6, 6.07) is 12.6. The summed E-state index contributed by atoms with van der Waals surface area (Å²) in [6.45, 7) is 9.09. The highest BCUT2D eigenvalue weighted by Crippen LogP contribution is 2.31. The Kier molecular flexibility index (Phi) is 6.40. The monoisotopic (exact) mass is 401 g/mol. The lowest BCUT2D eigenvalue weighted by atomic mass is 10.0. The van der Waals surface area contributed by atoms with E-state index in [0.29, 0.717) is 0 Å². The van der Waals surface area contributed by atoms with E-state index in [4.69, 9.17) is 23.8 Å². The normalized spacial score (nSPS) is 14.2. The molecule has 5 heteroatoms. The molecule has 0 aromatic heterocycles. The molecule has 0 saturated heterocycles. The number of hydrogen-bond donors (Lipinski definition) is 3. The maximum atomic E-state index is 6.50. The molecule has 3 nitrogen and oxygen atoms in total. The second-order valence-electron chi connectivity index (χ2n) is 8.06. The van der Waals surface area contributed by atoms with Crippen LogP contribution in [0.15, 0.2) is 36.4 Å². The number of nitrogens with one attached hydrogen (secondary N) is 3. The van der Waals surface area contributed by atoms with Crippen molar-refractivity contribution in [3.05, 3.63) is 63.7 Å². The summed E-state index contributed by atoms with van der Waals surface area (Å²) in [6.07, 6.45) is 2.05. The van der Waals surface area contributed by atoms with Crippen LogP contribution in [-0.2, 0) is 19.4 Å². The molecular formula is C22H28ClN3S. The molecule has 3 rings (SSSR count). The minimum Gasteiger partial charge on any atom is -0.380 e. The number of hydrogen-bond acceptors (Lipinski definition) is 3. The molecule has 3 N–H and O–H groups in total. The lowest BCUT2D eigenvalue weighted by Gasteiger charge is -2.22. The fraction of sp³-hybridized carbons (Fsp3) is 0.409. The largest absolute Gasteiger partial charge is 0.380 e.